The summed E-state index contributed by atoms with van der Waals surface area (Å²) in [5.41, 5.74) is 9.05. The van der Waals surface area contributed by atoms with E-state index in [2.05, 4.69) is 169 Å². The first-order valence-electron chi connectivity index (χ1n) is 15.1. The first kappa shape index (κ1) is 24.2. The molecule has 43 heavy (non-hydrogen) atoms. The van der Waals surface area contributed by atoms with E-state index in [1.54, 1.807) is 0 Å². The van der Waals surface area contributed by atoms with Crippen molar-refractivity contribution in [2.45, 2.75) is 12.0 Å². The molecule has 0 fully saturated rings. The molecule has 0 N–H and O–H groups in total. The van der Waals surface area contributed by atoms with Crippen LogP contribution in [0.15, 0.2) is 164 Å². The molecule has 0 saturated heterocycles. The van der Waals surface area contributed by atoms with E-state index >= 15 is 0 Å². The third kappa shape index (κ3) is 3.65. The van der Waals surface area contributed by atoms with Crippen molar-refractivity contribution < 1.29 is 0 Å². The van der Waals surface area contributed by atoms with Gasteiger partial charge < -0.3 is 4.90 Å². The minimum absolute atomic E-state index is 0.301. The number of nitrogens with zero attached hydrogens (tertiary/aromatic N) is 1. The second-order valence-corrected chi connectivity index (χ2v) is 11.6. The van der Waals surface area contributed by atoms with E-state index in [4.69, 9.17) is 0 Å². The molecule has 7 aromatic rings. The fourth-order valence-corrected chi connectivity index (χ4v) is 7.55. The normalized spacial score (nSPS) is 17.1. The number of fused-ring (bicyclic) bond motifs is 6. The molecule has 1 aliphatic heterocycles. The van der Waals surface area contributed by atoms with Gasteiger partial charge in [0.15, 0.2) is 0 Å². The quantitative estimate of drug-likeness (QED) is 0.199. The van der Waals surface area contributed by atoms with E-state index in [9.17, 15) is 0 Å². The van der Waals surface area contributed by atoms with Crippen LogP contribution in [0.3, 0.4) is 0 Å². The summed E-state index contributed by atoms with van der Waals surface area (Å²) >= 11 is 0. The summed E-state index contributed by atoms with van der Waals surface area (Å²) in [5, 5.41) is 7.68. The van der Waals surface area contributed by atoms with Crippen LogP contribution >= 0.6 is 0 Å². The van der Waals surface area contributed by atoms with Crippen molar-refractivity contribution in [2.75, 3.05) is 4.90 Å². The maximum absolute atomic E-state index is 2.50. The average Bonchev–Trinajstić information content (AvgIpc) is 3.41. The Morgan fingerprint density at radius 3 is 1.77 bits per heavy atom. The molecule has 1 heterocycles. The van der Waals surface area contributed by atoms with Gasteiger partial charge in [-0.05, 0) is 78.3 Å². The van der Waals surface area contributed by atoms with Gasteiger partial charge in [-0.1, -0.05) is 146 Å². The maximum atomic E-state index is 2.50. The first-order valence-corrected chi connectivity index (χ1v) is 15.1. The predicted octanol–water partition coefficient (Wildman–Crippen LogP) is 11.2. The number of anilines is 2. The Morgan fingerprint density at radius 2 is 1.02 bits per heavy atom. The maximum Gasteiger partial charge on any atom is 0.0629 e. The van der Waals surface area contributed by atoms with E-state index in [-0.39, 0.29) is 0 Å². The van der Waals surface area contributed by atoms with E-state index in [0.29, 0.717) is 12.0 Å². The second-order valence-electron chi connectivity index (χ2n) is 11.6. The van der Waals surface area contributed by atoms with Gasteiger partial charge in [0.2, 0.25) is 0 Å². The average molecular weight is 548 g/mol. The second kappa shape index (κ2) is 9.58. The summed E-state index contributed by atoms with van der Waals surface area (Å²) in [6, 6.07) is 51.7. The summed E-state index contributed by atoms with van der Waals surface area (Å²) in [4.78, 5) is 2.50. The molecule has 0 radical (unpaired) electrons. The zero-order valence-corrected chi connectivity index (χ0v) is 23.7. The van der Waals surface area contributed by atoms with Crippen LogP contribution in [-0.2, 0) is 0 Å². The van der Waals surface area contributed by atoms with Crippen molar-refractivity contribution in [3.8, 4) is 22.3 Å². The Labute approximate surface area is 251 Å². The highest BCUT2D eigenvalue weighted by Gasteiger charge is 2.36. The molecule has 1 heteroatoms. The molecule has 0 aromatic heterocycles. The van der Waals surface area contributed by atoms with Gasteiger partial charge in [0, 0.05) is 17.3 Å². The van der Waals surface area contributed by atoms with Gasteiger partial charge >= 0.3 is 0 Å². The zero-order chi connectivity index (χ0) is 28.3. The van der Waals surface area contributed by atoms with Crippen LogP contribution < -0.4 is 4.90 Å². The van der Waals surface area contributed by atoms with Crippen molar-refractivity contribution in [1.82, 2.24) is 0 Å². The van der Waals surface area contributed by atoms with Gasteiger partial charge in [0.25, 0.3) is 0 Å². The topological polar surface area (TPSA) is 3.24 Å². The molecule has 202 valence electrons. The molecule has 2 atom stereocenters. The van der Waals surface area contributed by atoms with Crippen LogP contribution in [0.25, 0.3) is 54.6 Å². The molecule has 1 aliphatic carbocycles. The van der Waals surface area contributed by atoms with Crippen molar-refractivity contribution in [1.29, 1.82) is 0 Å². The predicted molar refractivity (Wildman–Crippen MR) is 183 cm³/mol. The van der Waals surface area contributed by atoms with E-state index in [1.807, 2.05) is 0 Å². The Bertz CT molecular complexity index is 2190. The van der Waals surface area contributed by atoms with Gasteiger partial charge in [0.1, 0.15) is 0 Å². The van der Waals surface area contributed by atoms with Gasteiger partial charge in [-0.25, -0.2) is 0 Å². The van der Waals surface area contributed by atoms with Crippen molar-refractivity contribution in [3.05, 3.63) is 169 Å². The lowest BCUT2D eigenvalue weighted by Gasteiger charge is -2.29. The smallest absolute Gasteiger partial charge is 0.0629 e. The molecule has 7 aromatic carbocycles. The van der Waals surface area contributed by atoms with E-state index in [0.717, 1.165) is 0 Å². The number of para-hydroxylation sites is 1. The molecule has 0 bridgehead atoms. The Morgan fingerprint density at radius 1 is 0.442 bits per heavy atom. The largest absolute Gasteiger partial charge is 0.333 e. The van der Waals surface area contributed by atoms with Gasteiger partial charge in [-0.3, -0.25) is 0 Å². The van der Waals surface area contributed by atoms with E-state index < -0.39 is 0 Å². The van der Waals surface area contributed by atoms with Gasteiger partial charge in [0.05, 0.1) is 6.04 Å². The Kier molecular flexibility index (Phi) is 5.39. The molecular weight excluding hydrogens is 518 g/mol. The fourth-order valence-electron chi connectivity index (χ4n) is 7.55. The number of benzene rings is 7. The SMILES string of the molecule is C1=CC2c3ccccc3N(c3ccc(-c4c5ccccc5c(-c5cccc6ccccc56)c5ccccc45)cc3)C2C=C1. The van der Waals surface area contributed by atoms with Crippen LogP contribution in [0.1, 0.15) is 11.5 Å². The minimum atomic E-state index is 0.301. The monoisotopic (exact) mass is 547 g/mol. The van der Waals surface area contributed by atoms with Gasteiger partial charge in [-0.2, -0.15) is 0 Å². The van der Waals surface area contributed by atoms with Crippen molar-refractivity contribution in [3.63, 3.8) is 0 Å². The van der Waals surface area contributed by atoms with Crippen LogP contribution in [-0.4, -0.2) is 6.04 Å². The standard InChI is InChI=1S/C42H29N/c1-2-14-31-28(12-1)13-11-21-34(31)42-37-19-5-3-17-35(37)41(36-18-4-6-20-38(36)42)29-24-26-30(27-25-29)43-39-22-9-7-15-32(39)33-16-8-10-23-40(33)43/h1-27,32,39H. The zero-order valence-electron chi connectivity index (χ0n) is 23.7. The Balaban J connectivity index is 1.25. The third-order valence-corrected chi connectivity index (χ3v) is 9.38. The summed E-state index contributed by atoms with van der Waals surface area (Å²) in [6.45, 7) is 0. The molecule has 0 spiro atoms. The lowest BCUT2D eigenvalue weighted by atomic mass is 9.84. The first-order chi connectivity index (χ1) is 21.4. The van der Waals surface area contributed by atoms with Crippen molar-refractivity contribution in [2.24, 2.45) is 0 Å². The lowest BCUT2D eigenvalue weighted by molar-refractivity contribution is 0.745. The van der Waals surface area contributed by atoms with Crippen LogP contribution in [0.2, 0.25) is 0 Å². The fraction of sp³-hybridized carbons (Fsp3) is 0.0476. The lowest BCUT2D eigenvalue weighted by Crippen LogP contribution is -2.28. The molecule has 2 unspecified atom stereocenters. The molecule has 1 nitrogen and oxygen atoms in total. The molecular formula is C42H29N. The van der Waals surface area contributed by atoms with Crippen LogP contribution in [0.5, 0.6) is 0 Å². The number of allylic oxidation sites excluding steroid dienone is 2. The highest BCUT2D eigenvalue weighted by atomic mass is 15.2. The third-order valence-electron chi connectivity index (χ3n) is 9.38. The van der Waals surface area contributed by atoms with E-state index in [1.165, 1.54) is 71.5 Å². The summed E-state index contributed by atoms with van der Waals surface area (Å²) in [5.74, 6) is 0.385. The highest BCUT2D eigenvalue weighted by molar-refractivity contribution is 6.23. The molecule has 0 saturated carbocycles. The summed E-state index contributed by atoms with van der Waals surface area (Å²) < 4.78 is 0. The summed E-state index contributed by atoms with van der Waals surface area (Å²) in [7, 11) is 0. The van der Waals surface area contributed by atoms with Crippen LogP contribution in [0.4, 0.5) is 11.4 Å². The molecule has 2 aliphatic rings. The number of hydrogen-bond acceptors (Lipinski definition) is 1. The molecule has 0 amide bonds. The number of rotatable bonds is 3. The summed E-state index contributed by atoms with van der Waals surface area (Å²) in [6.07, 6.45) is 9.05. The number of hydrogen-bond donors (Lipinski definition) is 0. The Hall–Kier alpha value is -5.40. The van der Waals surface area contributed by atoms with Crippen molar-refractivity contribution >= 4 is 43.7 Å². The minimum Gasteiger partial charge on any atom is -0.333 e. The molecule has 9 rings (SSSR count). The van der Waals surface area contributed by atoms with Gasteiger partial charge in [-0.15, -0.1) is 0 Å². The highest BCUT2D eigenvalue weighted by Crippen LogP contribution is 2.49. The van der Waals surface area contributed by atoms with Crippen LogP contribution in [0, 0.1) is 0 Å².